The first kappa shape index (κ1) is 20.6. The van der Waals surface area contributed by atoms with Gasteiger partial charge in [-0.15, -0.1) is 0 Å². The van der Waals surface area contributed by atoms with Crippen molar-refractivity contribution in [1.82, 2.24) is 9.55 Å². The molecule has 0 aliphatic carbocycles. The maximum Gasteiger partial charge on any atom is 0.413 e. The van der Waals surface area contributed by atoms with E-state index in [1.807, 2.05) is 4.90 Å². The van der Waals surface area contributed by atoms with Gasteiger partial charge >= 0.3 is 6.18 Å². The van der Waals surface area contributed by atoms with Crippen molar-refractivity contribution in [3.05, 3.63) is 52.1 Å². The van der Waals surface area contributed by atoms with Crippen LogP contribution < -0.4 is 15.4 Å². The fourth-order valence-electron chi connectivity index (χ4n) is 4.12. The molecule has 4 rings (SSSR count). The highest BCUT2D eigenvalue weighted by molar-refractivity contribution is 5.52. The molecule has 3 heterocycles. The first-order chi connectivity index (χ1) is 14.1. The summed E-state index contributed by atoms with van der Waals surface area (Å²) in [5.41, 5.74) is -2.56. The van der Waals surface area contributed by atoms with Crippen molar-refractivity contribution in [1.29, 1.82) is 0 Å². The fraction of sp³-hybridized carbons (Fsp3) is 0.500. The third-order valence-corrected chi connectivity index (χ3v) is 5.85. The van der Waals surface area contributed by atoms with Gasteiger partial charge in [-0.05, 0) is 31.5 Å². The van der Waals surface area contributed by atoms with Gasteiger partial charge in [0.05, 0.1) is 25.8 Å². The number of benzene rings is 1. The Balaban J connectivity index is 1.85. The average Bonchev–Trinajstić information content (AvgIpc) is 3.02. The van der Waals surface area contributed by atoms with E-state index in [1.54, 1.807) is 13.0 Å². The molecule has 0 radical (unpaired) electrons. The predicted molar refractivity (Wildman–Crippen MR) is 103 cm³/mol. The first-order valence-corrected chi connectivity index (χ1v) is 9.68. The van der Waals surface area contributed by atoms with Crippen LogP contribution in [-0.2, 0) is 11.3 Å². The summed E-state index contributed by atoms with van der Waals surface area (Å²) in [6, 6.07) is 5.85. The molecule has 1 aromatic heterocycles. The van der Waals surface area contributed by atoms with Crippen molar-refractivity contribution in [2.24, 2.45) is 0 Å². The van der Waals surface area contributed by atoms with Crippen molar-refractivity contribution >= 4 is 11.8 Å². The maximum atomic E-state index is 14.2. The molecule has 1 fully saturated rings. The second kappa shape index (κ2) is 7.26. The number of nitrogens with zero attached hydrogens (tertiary/aromatic N) is 4. The van der Waals surface area contributed by atoms with Crippen LogP contribution >= 0.6 is 0 Å². The van der Waals surface area contributed by atoms with E-state index < -0.39 is 35.7 Å². The van der Waals surface area contributed by atoms with E-state index in [4.69, 9.17) is 4.74 Å². The number of rotatable bonds is 3. The molecule has 2 aromatic rings. The Morgan fingerprint density at radius 3 is 2.53 bits per heavy atom. The van der Waals surface area contributed by atoms with Gasteiger partial charge in [-0.1, -0.05) is 12.1 Å². The Bertz CT molecular complexity index is 1000. The first-order valence-electron chi connectivity index (χ1n) is 9.68. The molecule has 2 unspecified atom stereocenters. The fourth-order valence-corrected chi connectivity index (χ4v) is 4.12. The van der Waals surface area contributed by atoms with Crippen LogP contribution in [0.1, 0.15) is 25.5 Å². The zero-order valence-corrected chi connectivity index (χ0v) is 16.6. The van der Waals surface area contributed by atoms with E-state index in [2.05, 4.69) is 4.98 Å². The lowest BCUT2D eigenvalue weighted by molar-refractivity contribution is -0.183. The van der Waals surface area contributed by atoms with Gasteiger partial charge < -0.3 is 14.5 Å². The van der Waals surface area contributed by atoms with Gasteiger partial charge in [0.25, 0.3) is 5.56 Å². The summed E-state index contributed by atoms with van der Waals surface area (Å²) in [5.74, 6) is -0.294. The molecule has 0 bridgehead atoms. The molecule has 0 amide bonds. The molecule has 2 aliphatic rings. The lowest BCUT2D eigenvalue weighted by atomic mass is 9.96. The summed E-state index contributed by atoms with van der Waals surface area (Å²) in [4.78, 5) is 20.1. The summed E-state index contributed by atoms with van der Waals surface area (Å²) in [5, 5.41) is 0. The highest BCUT2D eigenvalue weighted by Crippen LogP contribution is 2.47. The van der Waals surface area contributed by atoms with Crippen molar-refractivity contribution in [2.45, 2.75) is 38.1 Å². The Hall–Kier alpha value is -2.62. The van der Waals surface area contributed by atoms with E-state index in [0.717, 1.165) is 16.4 Å². The Morgan fingerprint density at radius 1 is 1.20 bits per heavy atom. The molecule has 0 saturated carbocycles. The molecule has 1 aromatic carbocycles. The lowest BCUT2D eigenvalue weighted by Gasteiger charge is -2.40. The van der Waals surface area contributed by atoms with Crippen LogP contribution in [0.3, 0.4) is 0 Å². The second-order valence-electron chi connectivity index (χ2n) is 7.81. The normalized spacial score (nSPS) is 22.9. The maximum absolute atomic E-state index is 14.2. The van der Waals surface area contributed by atoms with E-state index in [9.17, 15) is 22.4 Å². The molecular weight excluding hydrogens is 404 g/mol. The molecule has 0 spiro atoms. The van der Waals surface area contributed by atoms with Crippen molar-refractivity contribution < 1.29 is 22.3 Å². The number of fused-ring (bicyclic) bond motifs is 1. The van der Waals surface area contributed by atoms with Gasteiger partial charge in [0.2, 0.25) is 5.95 Å². The molecule has 2 atom stereocenters. The SMILES string of the molecule is CC(c1cccc(F)c1)N1c2nc(N3CCOCC3)cc(=O)n2CC1(C)C(F)(F)F. The van der Waals surface area contributed by atoms with Gasteiger partial charge in [0, 0.05) is 19.2 Å². The van der Waals surface area contributed by atoms with Crippen LogP contribution in [0, 0.1) is 5.82 Å². The van der Waals surface area contributed by atoms with Crippen molar-refractivity contribution in [3.63, 3.8) is 0 Å². The third kappa shape index (κ3) is 3.32. The van der Waals surface area contributed by atoms with Gasteiger partial charge in [-0.25, -0.2) is 4.39 Å². The number of alkyl halides is 3. The number of aromatic nitrogens is 2. The molecule has 162 valence electrons. The number of morpholine rings is 1. The molecular formula is C20H22F4N4O2. The average molecular weight is 426 g/mol. The molecule has 2 aliphatic heterocycles. The lowest BCUT2D eigenvalue weighted by Crippen LogP contribution is -2.56. The summed E-state index contributed by atoms with van der Waals surface area (Å²) in [7, 11) is 0. The van der Waals surface area contributed by atoms with Crippen molar-refractivity contribution in [3.8, 4) is 0 Å². The second-order valence-corrected chi connectivity index (χ2v) is 7.81. The largest absolute Gasteiger partial charge is 0.413 e. The Labute approximate surface area is 170 Å². The molecule has 10 heteroatoms. The molecule has 6 nitrogen and oxygen atoms in total. The van der Waals surface area contributed by atoms with Crippen LogP contribution in [0.2, 0.25) is 0 Å². The predicted octanol–water partition coefficient (Wildman–Crippen LogP) is 3.12. The number of halogens is 4. The van der Waals surface area contributed by atoms with Gasteiger partial charge in [-0.2, -0.15) is 18.2 Å². The molecule has 1 saturated heterocycles. The van der Waals surface area contributed by atoms with Gasteiger partial charge in [0.15, 0.2) is 5.54 Å². The molecule has 30 heavy (non-hydrogen) atoms. The minimum atomic E-state index is -4.64. The summed E-state index contributed by atoms with van der Waals surface area (Å²) in [6.07, 6.45) is -4.64. The number of ether oxygens (including phenoxy) is 1. The van der Waals surface area contributed by atoms with E-state index in [-0.39, 0.29) is 5.95 Å². The Kier molecular flexibility index (Phi) is 5.00. The minimum absolute atomic E-state index is 0.0689. The van der Waals surface area contributed by atoms with Gasteiger partial charge in [0.1, 0.15) is 11.6 Å². The summed E-state index contributed by atoms with van der Waals surface area (Å²) in [6.45, 7) is 3.90. The topological polar surface area (TPSA) is 50.6 Å². The van der Waals surface area contributed by atoms with Crippen LogP contribution in [0.4, 0.5) is 29.3 Å². The zero-order chi connectivity index (χ0) is 21.7. The van der Waals surface area contributed by atoms with Crippen molar-refractivity contribution in [2.75, 3.05) is 36.1 Å². The summed E-state index contributed by atoms with van der Waals surface area (Å²) < 4.78 is 62.8. The number of hydrogen-bond acceptors (Lipinski definition) is 5. The van der Waals surface area contributed by atoms with E-state index in [0.29, 0.717) is 37.7 Å². The number of hydrogen-bond donors (Lipinski definition) is 0. The Morgan fingerprint density at radius 2 is 1.90 bits per heavy atom. The quantitative estimate of drug-likeness (QED) is 0.706. The smallest absolute Gasteiger partial charge is 0.378 e. The highest BCUT2D eigenvalue weighted by Gasteiger charge is 2.61. The third-order valence-electron chi connectivity index (χ3n) is 5.85. The highest BCUT2D eigenvalue weighted by atomic mass is 19.4. The van der Waals surface area contributed by atoms with E-state index >= 15 is 0 Å². The summed E-state index contributed by atoms with van der Waals surface area (Å²) >= 11 is 0. The minimum Gasteiger partial charge on any atom is -0.378 e. The van der Waals surface area contributed by atoms with Gasteiger partial charge in [-0.3, -0.25) is 9.36 Å². The van der Waals surface area contributed by atoms with Crippen LogP contribution in [-0.4, -0.2) is 47.6 Å². The van der Waals surface area contributed by atoms with Crippen LogP contribution in [0.25, 0.3) is 0 Å². The van der Waals surface area contributed by atoms with E-state index in [1.165, 1.54) is 24.3 Å². The van der Waals surface area contributed by atoms with Crippen LogP contribution in [0.15, 0.2) is 35.1 Å². The molecule has 0 N–H and O–H groups in total. The monoisotopic (exact) mass is 426 g/mol. The van der Waals surface area contributed by atoms with Crippen LogP contribution in [0.5, 0.6) is 0 Å². The standard InChI is InChI=1S/C20H22F4N4O2/c1-13(14-4-3-5-15(21)10-14)28-18-25-16(26-6-8-30-9-7-26)11-17(29)27(18)12-19(28,2)20(22,23)24/h3-5,10-11,13H,6-9,12H2,1-2H3. The zero-order valence-electron chi connectivity index (χ0n) is 16.6. The number of anilines is 2.